The van der Waals surface area contributed by atoms with Crippen molar-refractivity contribution >= 4 is 5.78 Å². The first-order chi connectivity index (χ1) is 5.82. The van der Waals surface area contributed by atoms with Gasteiger partial charge in [-0.3, -0.25) is 4.79 Å². The van der Waals surface area contributed by atoms with Crippen molar-refractivity contribution in [3.05, 3.63) is 0 Å². The Morgan fingerprint density at radius 2 is 1.69 bits per heavy atom. The van der Waals surface area contributed by atoms with E-state index in [0.717, 1.165) is 12.8 Å². The molecule has 0 aromatic heterocycles. The topological polar surface area (TPSA) is 20.3 Å². The third-order valence-corrected chi connectivity index (χ3v) is 2.95. The molecule has 1 saturated carbocycles. The van der Waals surface area contributed by atoms with E-state index in [1.165, 1.54) is 0 Å². The fourth-order valence-corrected chi connectivity index (χ4v) is 1.84. The van der Waals surface area contributed by atoms with Crippen LogP contribution < -0.4 is 0 Å². The lowest BCUT2D eigenvalue weighted by Crippen LogP contribution is -2.46. The summed E-state index contributed by atoms with van der Waals surface area (Å²) in [7, 11) is 4.17. The number of ketones is 1. The second-order valence-corrected chi connectivity index (χ2v) is 5.40. The van der Waals surface area contributed by atoms with Crippen molar-refractivity contribution in [3.8, 4) is 0 Å². The summed E-state index contributed by atoms with van der Waals surface area (Å²) in [6, 6.07) is 0.635. The smallest absolute Gasteiger partial charge is 0.141 e. The predicted octanol–water partition coefficient (Wildman–Crippen LogP) is 1.94. The Morgan fingerprint density at radius 3 is 2.00 bits per heavy atom. The zero-order valence-electron chi connectivity index (χ0n) is 9.42. The van der Waals surface area contributed by atoms with Crippen LogP contribution in [0.4, 0.5) is 0 Å². The summed E-state index contributed by atoms with van der Waals surface area (Å²) in [6.45, 7) is 6.04. The molecular weight excluding hydrogens is 162 g/mol. The van der Waals surface area contributed by atoms with Gasteiger partial charge < -0.3 is 4.90 Å². The Balaban J connectivity index is 2.40. The molecule has 1 aliphatic rings. The minimum Gasteiger partial charge on any atom is -0.306 e. The molecule has 2 nitrogen and oxygen atoms in total. The van der Waals surface area contributed by atoms with E-state index in [1.807, 2.05) is 20.8 Å². The number of carbonyl (C=O) groups excluding carboxylic acids is 1. The lowest BCUT2D eigenvalue weighted by Gasteiger charge is -2.41. The van der Waals surface area contributed by atoms with Crippen LogP contribution >= 0.6 is 0 Å². The van der Waals surface area contributed by atoms with Gasteiger partial charge in [0.15, 0.2) is 0 Å². The van der Waals surface area contributed by atoms with Crippen LogP contribution in [0.15, 0.2) is 0 Å². The van der Waals surface area contributed by atoms with Gasteiger partial charge in [0, 0.05) is 17.4 Å². The molecule has 0 aliphatic heterocycles. The Kier molecular flexibility index (Phi) is 2.81. The van der Waals surface area contributed by atoms with Gasteiger partial charge in [0.05, 0.1) is 0 Å². The average Bonchev–Trinajstić information content (AvgIpc) is 1.80. The largest absolute Gasteiger partial charge is 0.306 e. The van der Waals surface area contributed by atoms with E-state index < -0.39 is 0 Å². The van der Waals surface area contributed by atoms with E-state index in [2.05, 4.69) is 19.0 Å². The lowest BCUT2D eigenvalue weighted by atomic mass is 9.70. The molecule has 0 aromatic carbocycles. The molecule has 13 heavy (non-hydrogen) atoms. The molecule has 1 fully saturated rings. The highest BCUT2D eigenvalue weighted by Crippen LogP contribution is 2.36. The summed E-state index contributed by atoms with van der Waals surface area (Å²) < 4.78 is 0. The van der Waals surface area contributed by atoms with Gasteiger partial charge in [-0.25, -0.2) is 0 Å². The maximum absolute atomic E-state index is 11.8. The van der Waals surface area contributed by atoms with Gasteiger partial charge in [0.25, 0.3) is 0 Å². The third-order valence-electron chi connectivity index (χ3n) is 2.95. The quantitative estimate of drug-likeness (QED) is 0.652. The first-order valence-corrected chi connectivity index (χ1v) is 5.03. The number of rotatable bonds is 2. The summed E-state index contributed by atoms with van der Waals surface area (Å²) in [5.41, 5.74) is -0.151. The van der Waals surface area contributed by atoms with Crippen LogP contribution in [0.3, 0.4) is 0 Å². The van der Waals surface area contributed by atoms with Gasteiger partial charge in [-0.1, -0.05) is 20.8 Å². The predicted molar refractivity (Wildman–Crippen MR) is 54.7 cm³/mol. The van der Waals surface area contributed by atoms with Gasteiger partial charge in [0.1, 0.15) is 5.78 Å². The van der Waals surface area contributed by atoms with Crippen LogP contribution in [0.2, 0.25) is 0 Å². The van der Waals surface area contributed by atoms with Crippen molar-refractivity contribution in [2.24, 2.45) is 11.3 Å². The van der Waals surface area contributed by atoms with Crippen LogP contribution in [0.25, 0.3) is 0 Å². The first-order valence-electron chi connectivity index (χ1n) is 5.03. The molecule has 0 saturated heterocycles. The van der Waals surface area contributed by atoms with Crippen LogP contribution in [-0.2, 0) is 4.79 Å². The highest BCUT2D eigenvalue weighted by Gasteiger charge is 2.39. The maximum Gasteiger partial charge on any atom is 0.141 e. The molecule has 0 N–H and O–H groups in total. The SMILES string of the molecule is CN(C)C1CC(C(=O)C(C)(C)C)C1. The van der Waals surface area contributed by atoms with Gasteiger partial charge in [-0.2, -0.15) is 0 Å². The number of carbonyl (C=O) groups is 1. The molecule has 1 aliphatic carbocycles. The summed E-state index contributed by atoms with van der Waals surface area (Å²) in [6.07, 6.45) is 2.12. The first kappa shape index (κ1) is 10.7. The van der Waals surface area contributed by atoms with Gasteiger partial charge in [0.2, 0.25) is 0 Å². The fourth-order valence-electron chi connectivity index (χ4n) is 1.84. The van der Waals surface area contributed by atoms with E-state index in [9.17, 15) is 4.79 Å². The number of Topliss-reactive ketones (excluding diaryl/α,β-unsaturated/α-hetero) is 1. The highest BCUT2D eigenvalue weighted by molar-refractivity contribution is 5.86. The molecule has 0 spiro atoms. The van der Waals surface area contributed by atoms with Crippen molar-refractivity contribution in [3.63, 3.8) is 0 Å². The molecule has 0 atom stereocenters. The van der Waals surface area contributed by atoms with E-state index >= 15 is 0 Å². The summed E-state index contributed by atoms with van der Waals surface area (Å²) >= 11 is 0. The molecule has 1 rings (SSSR count). The third kappa shape index (κ3) is 2.31. The van der Waals surface area contributed by atoms with E-state index in [0.29, 0.717) is 17.7 Å². The van der Waals surface area contributed by atoms with E-state index in [-0.39, 0.29) is 5.41 Å². The molecule has 0 unspecified atom stereocenters. The Labute approximate surface area is 81.3 Å². The van der Waals surface area contributed by atoms with E-state index in [1.54, 1.807) is 0 Å². The second-order valence-electron chi connectivity index (χ2n) is 5.40. The molecular formula is C11H21NO. The maximum atomic E-state index is 11.8. The molecule has 0 aromatic rings. The number of hydrogen-bond acceptors (Lipinski definition) is 2. The van der Waals surface area contributed by atoms with Crippen molar-refractivity contribution in [1.82, 2.24) is 4.90 Å². The van der Waals surface area contributed by atoms with Crippen molar-refractivity contribution < 1.29 is 4.79 Å². The summed E-state index contributed by atoms with van der Waals surface area (Å²) in [5.74, 6) is 0.762. The zero-order valence-corrected chi connectivity index (χ0v) is 9.42. The normalized spacial score (nSPS) is 28.8. The zero-order chi connectivity index (χ0) is 10.2. The van der Waals surface area contributed by atoms with E-state index in [4.69, 9.17) is 0 Å². The van der Waals surface area contributed by atoms with Crippen molar-refractivity contribution in [1.29, 1.82) is 0 Å². The molecule has 0 radical (unpaired) electrons. The van der Waals surface area contributed by atoms with Crippen molar-refractivity contribution in [2.75, 3.05) is 14.1 Å². The Hall–Kier alpha value is -0.370. The van der Waals surface area contributed by atoms with Gasteiger partial charge in [-0.05, 0) is 26.9 Å². The molecule has 0 bridgehead atoms. The van der Waals surface area contributed by atoms with Crippen molar-refractivity contribution in [2.45, 2.75) is 39.7 Å². The minimum absolute atomic E-state index is 0.151. The summed E-state index contributed by atoms with van der Waals surface area (Å²) in [5, 5.41) is 0. The van der Waals surface area contributed by atoms with Gasteiger partial charge >= 0.3 is 0 Å². The van der Waals surface area contributed by atoms with Crippen LogP contribution in [-0.4, -0.2) is 30.8 Å². The minimum atomic E-state index is -0.151. The molecule has 0 amide bonds. The summed E-state index contributed by atoms with van der Waals surface area (Å²) in [4.78, 5) is 14.0. The monoisotopic (exact) mass is 183 g/mol. The second kappa shape index (κ2) is 3.41. The Morgan fingerprint density at radius 1 is 1.23 bits per heavy atom. The van der Waals surface area contributed by atoms with Gasteiger partial charge in [-0.15, -0.1) is 0 Å². The number of hydrogen-bond donors (Lipinski definition) is 0. The Bertz CT molecular complexity index is 197. The molecule has 2 heteroatoms. The molecule has 0 heterocycles. The highest BCUT2D eigenvalue weighted by atomic mass is 16.1. The van der Waals surface area contributed by atoms with Crippen LogP contribution in [0.1, 0.15) is 33.6 Å². The van der Waals surface area contributed by atoms with Crippen LogP contribution in [0, 0.1) is 11.3 Å². The molecule has 76 valence electrons. The van der Waals surface area contributed by atoms with Crippen LogP contribution in [0.5, 0.6) is 0 Å². The fraction of sp³-hybridized carbons (Fsp3) is 0.909. The number of nitrogens with zero attached hydrogens (tertiary/aromatic N) is 1. The lowest BCUT2D eigenvalue weighted by molar-refractivity contribution is -0.134. The average molecular weight is 183 g/mol. The standard InChI is InChI=1S/C11H21NO/c1-11(2,3)10(13)8-6-9(7-8)12(4)5/h8-9H,6-7H2,1-5H3.